The number of nitrogens with two attached hydrogens (primary N) is 1. The predicted molar refractivity (Wildman–Crippen MR) is 52.7 cm³/mol. The van der Waals surface area contributed by atoms with Gasteiger partial charge < -0.3 is 15.8 Å². The fraction of sp³-hybridized carbons (Fsp3) is 0.900. The van der Waals surface area contributed by atoms with E-state index in [1.54, 1.807) is 0 Å². The molecule has 0 aromatic rings. The molecule has 1 aliphatic heterocycles. The third kappa shape index (κ3) is 2.45. The van der Waals surface area contributed by atoms with E-state index in [4.69, 9.17) is 10.5 Å². The maximum atomic E-state index is 11.3. The lowest BCUT2D eigenvalue weighted by molar-refractivity contribution is -0.122. The zero-order valence-electron chi connectivity index (χ0n) is 8.37. The molecular weight excluding hydrogens is 180 g/mol. The number of hydrogen-bond acceptors (Lipinski definition) is 3. The van der Waals surface area contributed by atoms with E-state index in [0.29, 0.717) is 12.0 Å². The Morgan fingerprint density at radius 1 is 1.29 bits per heavy atom. The van der Waals surface area contributed by atoms with Gasteiger partial charge >= 0.3 is 0 Å². The largest absolute Gasteiger partial charge is 0.381 e. The molecule has 1 saturated heterocycles. The minimum atomic E-state index is -0.205. The maximum absolute atomic E-state index is 11.3. The number of amides is 1. The molecule has 1 heterocycles. The molecule has 4 heteroatoms. The molecule has 0 spiro atoms. The van der Waals surface area contributed by atoms with Crippen LogP contribution in [0.5, 0.6) is 0 Å². The van der Waals surface area contributed by atoms with Crippen molar-refractivity contribution in [2.75, 3.05) is 13.2 Å². The van der Waals surface area contributed by atoms with Gasteiger partial charge in [-0.1, -0.05) is 0 Å². The number of primary amides is 1. The number of hydrogen-bond donors (Lipinski definition) is 2. The first-order valence-electron chi connectivity index (χ1n) is 5.40. The quantitative estimate of drug-likeness (QED) is 0.669. The standard InChI is InChI=1S/C10H18N2O2/c11-10(13)9(12-8-1-2-8)7-3-5-14-6-4-7/h7-9,12H,1-6H2,(H2,11,13). The topological polar surface area (TPSA) is 64.4 Å². The average molecular weight is 198 g/mol. The molecule has 2 rings (SSSR count). The molecule has 1 aliphatic carbocycles. The van der Waals surface area contributed by atoms with Gasteiger partial charge in [0, 0.05) is 19.3 Å². The second kappa shape index (κ2) is 4.28. The molecular formula is C10H18N2O2. The molecule has 0 aromatic heterocycles. The highest BCUT2D eigenvalue weighted by Crippen LogP contribution is 2.24. The molecule has 0 bridgehead atoms. The minimum absolute atomic E-state index is 0.133. The second-order valence-corrected chi connectivity index (χ2v) is 4.27. The first kappa shape index (κ1) is 9.93. The van der Waals surface area contributed by atoms with Crippen LogP contribution in [-0.2, 0) is 9.53 Å². The number of nitrogens with one attached hydrogen (secondary N) is 1. The highest BCUT2D eigenvalue weighted by molar-refractivity contribution is 5.80. The molecule has 3 N–H and O–H groups in total. The Morgan fingerprint density at radius 3 is 2.43 bits per heavy atom. The van der Waals surface area contributed by atoms with Crippen molar-refractivity contribution in [3.63, 3.8) is 0 Å². The van der Waals surface area contributed by atoms with Gasteiger partial charge in [-0.15, -0.1) is 0 Å². The summed E-state index contributed by atoms with van der Waals surface area (Å²) >= 11 is 0. The molecule has 2 fully saturated rings. The molecule has 4 nitrogen and oxygen atoms in total. The highest BCUT2D eigenvalue weighted by Gasteiger charge is 2.33. The highest BCUT2D eigenvalue weighted by atomic mass is 16.5. The van der Waals surface area contributed by atoms with Crippen molar-refractivity contribution in [3.8, 4) is 0 Å². The molecule has 1 saturated carbocycles. The van der Waals surface area contributed by atoms with Crippen molar-refractivity contribution in [1.82, 2.24) is 5.32 Å². The number of ether oxygens (including phenoxy) is 1. The van der Waals surface area contributed by atoms with Gasteiger partial charge in [0.2, 0.25) is 5.91 Å². The number of carbonyl (C=O) groups is 1. The molecule has 1 unspecified atom stereocenters. The van der Waals surface area contributed by atoms with Crippen LogP contribution in [0, 0.1) is 5.92 Å². The first-order chi connectivity index (χ1) is 6.77. The van der Waals surface area contributed by atoms with Gasteiger partial charge in [0.25, 0.3) is 0 Å². The molecule has 80 valence electrons. The molecule has 2 aliphatic rings. The van der Waals surface area contributed by atoms with Crippen molar-refractivity contribution in [1.29, 1.82) is 0 Å². The van der Waals surface area contributed by atoms with Crippen molar-refractivity contribution >= 4 is 5.91 Å². The van der Waals surface area contributed by atoms with E-state index in [0.717, 1.165) is 26.1 Å². The van der Waals surface area contributed by atoms with Crippen LogP contribution in [0.25, 0.3) is 0 Å². The van der Waals surface area contributed by atoms with E-state index < -0.39 is 0 Å². The number of rotatable bonds is 4. The van der Waals surface area contributed by atoms with E-state index in [1.165, 1.54) is 12.8 Å². The van der Waals surface area contributed by atoms with Crippen LogP contribution >= 0.6 is 0 Å². The summed E-state index contributed by atoms with van der Waals surface area (Å²) in [6.07, 6.45) is 4.28. The molecule has 1 amide bonds. The lowest BCUT2D eigenvalue weighted by atomic mass is 9.91. The van der Waals surface area contributed by atoms with Gasteiger partial charge in [0.1, 0.15) is 0 Å². The molecule has 14 heavy (non-hydrogen) atoms. The van der Waals surface area contributed by atoms with Crippen molar-refractivity contribution in [2.24, 2.45) is 11.7 Å². The minimum Gasteiger partial charge on any atom is -0.381 e. The van der Waals surface area contributed by atoms with Gasteiger partial charge in [0.15, 0.2) is 0 Å². The summed E-state index contributed by atoms with van der Waals surface area (Å²) < 4.78 is 5.27. The summed E-state index contributed by atoms with van der Waals surface area (Å²) in [6.45, 7) is 1.53. The second-order valence-electron chi connectivity index (χ2n) is 4.27. The van der Waals surface area contributed by atoms with E-state index in [-0.39, 0.29) is 11.9 Å². The van der Waals surface area contributed by atoms with E-state index in [1.807, 2.05) is 0 Å². The van der Waals surface area contributed by atoms with Gasteiger partial charge in [-0.3, -0.25) is 4.79 Å². The molecule has 1 atom stereocenters. The summed E-state index contributed by atoms with van der Waals surface area (Å²) in [4.78, 5) is 11.3. The van der Waals surface area contributed by atoms with E-state index in [9.17, 15) is 4.79 Å². The summed E-state index contributed by atoms with van der Waals surface area (Å²) in [5, 5.41) is 3.33. The predicted octanol–water partition coefficient (Wildman–Crippen LogP) is 0.0189. The summed E-state index contributed by atoms with van der Waals surface area (Å²) in [5.41, 5.74) is 5.40. The molecule has 0 radical (unpaired) electrons. The van der Waals surface area contributed by atoms with Crippen LogP contribution in [0.1, 0.15) is 25.7 Å². The van der Waals surface area contributed by atoms with E-state index >= 15 is 0 Å². The lowest BCUT2D eigenvalue weighted by Crippen LogP contribution is -2.49. The van der Waals surface area contributed by atoms with Crippen molar-refractivity contribution in [2.45, 2.75) is 37.8 Å². The van der Waals surface area contributed by atoms with Crippen LogP contribution in [0.15, 0.2) is 0 Å². The van der Waals surface area contributed by atoms with Gasteiger partial charge in [-0.05, 0) is 31.6 Å². The van der Waals surface area contributed by atoms with Crippen LogP contribution in [-0.4, -0.2) is 31.2 Å². The Morgan fingerprint density at radius 2 is 1.93 bits per heavy atom. The zero-order chi connectivity index (χ0) is 9.97. The van der Waals surface area contributed by atoms with Crippen LogP contribution in [0.2, 0.25) is 0 Å². The third-order valence-electron chi connectivity index (χ3n) is 3.04. The Balaban J connectivity index is 1.89. The van der Waals surface area contributed by atoms with E-state index in [2.05, 4.69) is 5.32 Å². The van der Waals surface area contributed by atoms with Crippen LogP contribution < -0.4 is 11.1 Å². The normalized spacial score (nSPS) is 26.0. The van der Waals surface area contributed by atoms with Crippen molar-refractivity contribution in [3.05, 3.63) is 0 Å². The van der Waals surface area contributed by atoms with Crippen LogP contribution in [0.4, 0.5) is 0 Å². The SMILES string of the molecule is NC(=O)C(NC1CC1)C1CCOCC1. The summed E-state index contributed by atoms with van der Waals surface area (Å²) in [6, 6.07) is 0.404. The lowest BCUT2D eigenvalue weighted by Gasteiger charge is -2.28. The number of carbonyl (C=O) groups excluding carboxylic acids is 1. The Labute approximate surface area is 84.2 Å². The van der Waals surface area contributed by atoms with Crippen molar-refractivity contribution < 1.29 is 9.53 Å². The monoisotopic (exact) mass is 198 g/mol. The maximum Gasteiger partial charge on any atom is 0.234 e. The third-order valence-corrected chi connectivity index (χ3v) is 3.04. The molecule has 0 aromatic carbocycles. The fourth-order valence-electron chi connectivity index (χ4n) is 2.00. The smallest absolute Gasteiger partial charge is 0.234 e. The first-order valence-corrected chi connectivity index (χ1v) is 5.40. The summed E-state index contributed by atoms with van der Waals surface area (Å²) in [7, 11) is 0. The zero-order valence-corrected chi connectivity index (χ0v) is 8.37. The fourth-order valence-corrected chi connectivity index (χ4v) is 2.00. The summed E-state index contributed by atoms with van der Waals surface area (Å²) in [5.74, 6) is 0.172. The van der Waals surface area contributed by atoms with Gasteiger partial charge in [-0.25, -0.2) is 0 Å². The Bertz CT molecular complexity index is 210. The van der Waals surface area contributed by atoms with Crippen LogP contribution in [0.3, 0.4) is 0 Å². The Hall–Kier alpha value is -0.610. The van der Waals surface area contributed by atoms with Gasteiger partial charge in [-0.2, -0.15) is 0 Å². The average Bonchev–Trinajstić information content (AvgIpc) is 2.99. The van der Waals surface area contributed by atoms with Gasteiger partial charge in [0.05, 0.1) is 6.04 Å². The Kier molecular flexibility index (Phi) is 3.03.